The largest absolute Gasteiger partial charge is 0.573 e. The number of carboxylic acids is 1. The highest BCUT2D eigenvalue weighted by Gasteiger charge is 2.48. The average Bonchev–Trinajstić information content (AvgIpc) is 3.62. The molecule has 2 aliphatic rings. The third-order valence-electron chi connectivity index (χ3n) is 8.60. The lowest BCUT2D eigenvalue weighted by Crippen LogP contribution is -2.40. The van der Waals surface area contributed by atoms with Crippen LogP contribution < -0.4 is 19.7 Å². The number of aliphatic carboxylic acids is 1. The zero-order valence-corrected chi connectivity index (χ0v) is 27.0. The molecule has 5 rings (SSSR count). The lowest BCUT2D eigenvalue weighted by Gasteiger charge is -2.28. The van der Waals surface area contributed by atoms with Crippen LogP contribution in [0.3, 0.4) is 0 Å². The molecule has 0 aromatic heterocycles. The van der Waals surface area contributed by atoms with E-state index in [0.717, 1.165) is 31.2 Å². The Morgan fingerprint density at radius 2 is 1.70 bits per heavy atom. The maximum Gasteiger partial charge on any atom is 0.573 e. The first-order valence-corrected chi connectivity index (χ1v) is 15.4. The van der Waals surface area contributed by atoms with Crippen molar-refractivity contribution in [1.29, 1.82) is 0 Å². The molecule has 0 radical (unpaired) electrons. The molecule has 1 aliphatic heterocycles. The summed E-state index contributed by atoms with van der Waals surface area (Å²) < 4.78 is 49.3. The van der Waals surface area contributed by atoms with Crippen LogP contribution in [0.25, 0.3) is 0 Å². The van der Waals surface area contributed by atoms with Crippen LogP contribution in [0.15, 0.2) is 65.8 Å². The number of alkyl halides is 3. The number of halogens is 4. The fraction of sp³-hybridized carbons (Fsp3) is 0.382. The first-order valence-electron chi connectivity index (χ1n) is 15.0. The summed E-state index contributed by atoms with van der Waals surface area (Å²) >= 11 is 6.18. The van der Waals surface area contributed by atoms with Gasteiger partial charge in [-0.05, 0) is 75.1 Å². The molecule has 2 N–H and O–H groups in total. The van der Waals surface area contributed by atoms with Crippen molar-refractivity contribution in [3.05, 3.63) is 82.4 Å². The summed E-state index contributed by atoms with van der Waals surface area (Å²) in [6.45, 7) is 4.70. The number of methoxy groups -OCH3 is 1. The molecule has 1 aliphatic carbocycles. The first kappa shape index (κ1) is 33.9. The molecule has 1 saturated carbocycles. The Morgan fingerprint density at radius 3 is 2.32 bits per heavy atom. The second-order valence-corrected chi connectivity index (χ2v) is 12.7. The SMILES string of the molecule is COc1cc(NC(C(=O)N2CC3(CCCC3)c3ccc(OC(F)(F)F)cc32)c2ccc(Cl)cc2)cc(C(C)=NOC(C)(C)C(=O)O)c1. The molecule has 3 aromatic carbocycles. The molecule has 3 aromatic rings. The topological polar surface area (TPSA) is 110 Å². The van der Waals surface area contributed by atoms with Gasteiger partial charge >= 0.3 is 12.3 Å². The minimum atomic E-state index is -4.89. The van der Waals surface area contributed by atoms with Crippen molar-refractivity contribution in [2.75, 3.05) is 23.9 Å². The number of benzene rings is 3. The van der Waals surface area contributed by atoms with E-state index in [4.69, 9.17) is 21.2 Å². The van der Waals surface area contributed by atoms with Crippen LogP contribution in [-0.4, -0.2) is 48.3 Å². The summed E-state index contributed by atoms with van der Waals surface area (Å²) in [5.41, 5.74) is 1.18. The van der Waals surface area contributed by atoms with E-state index in [1.807, 2.05) is 0 Å². The van der Waals surface area contributed by atoms with Crippen molar-refractivity contribution < 1.29 is 42.2 Å². The number of carbonyl (C=O) groups is 2. The molecular weight excluding hydrogens is 639 g/mol. The third-order valence-corrected chi connectivity index (χ3v) is 8.85. The molecule has 13 heteroatoms. The van der Waals surface area contributed by atoms with Gasteiger partial charge in [-0.3, -0.25) is 4.79 Å². The summed E-state index contributed by atoms with van der Waals surface area (Å²) in [7, 11) is 1.48. The smallest absolute Gasteiger partial charge is 0.497 e. The fourth-order valence-corrected chi connectivity index (χ4v) is 6.20. The lowest BCUT2D eigenvalue weighted by molar-refractivity contribution is -0.274. The van der Waals surface area contributed by atoms with Crippen LogP contribution in [0, 0.1) is 0 Å². The molecular formula is C34H35ClF3N3O6. The Kier molecular flexibility index (Phi) is 9.36. The van der Waals surface area contributed by atoms with Crippen LogP contribution in [0.5, 0.6) is 11.5 Å². The molecule has 0 saturated heterocycles. The Morgan fingerprint density at radius 1 is 1.02 bits per heavy atom. The monoisotopic (exact) mass is 673 g/mol. The zero-order valence-electron chi connectivity index (χ0n) is 26.3. The highest BCUT2D eigenvalue weighted by molar-refractivity contribution is 6.30. The van der Waals surface area contributed by atoms with Gasteiger partial charge in [0.25, 0.3) is 5.91 Å². The number of carbonyl (C=O) groups excluding carboxylic acids is 1. The van der Waals surface area contributed by atoms with Crippen LogP contribution in [0.1, 0.15) is 69.2 Å². The van der Waals surface area contributed by atoms with Gasteiger partial charge in [0.05, 0.1) is 18.5 Å². The van der Waals surface area contributed by atoms with Gasteiger partial charge in [-0.1, -0.05) is 47.8 Å². The highest BCUT2D eigenvalue weighted by Crippen LogP contribution is 2.52. The van der Waals surface area contributed by atoms with Gasteiger partial charge in [0.15, 0.2) is 0 Å². The van der Waals surface area contributed by atoms with Crippen molar-refractivity contribution in [2.24, 2.45) is 5.16 Å². The number of nitrogens with one attached hydrogen (secondary N) is 1. The molecule has 1 heterocycles. The van der Waals surface area contributed by atoms with E-state index in [2.05, 4.69) is 15.2 Å². The first-order chi connectivity index (χ1) is 22.1. The number of carboxylic acid groups (broad SMARTS) is 1. The van der Waals surface area contributed by atoms with Crippen LogP contribution >= 0.6 is 11.6 Å². The molecule has 47 heavy (non-hydrogen) atoms. The number of ether oxygens (including phenoxy) is 2. The van der Waals surface area contributed by atoms with Crippen LogP contribution in [0.4, 0.5) is 24.5 Å². The number of amides is 1. The molecule has 1 spiro atoms. The Hall–Kier alpha value is -4.45. The lowest BCUT2D eigenvalue weighted by atomic mass is 9.81. The maximum absolute atomic E-state index is 14.6. The summed E-state index contributed by atoms with van der Waals surface area (Å²) in [4.78, 5) is 32.9. The van der Waals surface area contributed by atoms with E-state index in [0.29, 0.717) is 45.5 Å². The number of oxime groups is 1. The van der Waals surface area contributed by atoms with Crippen LogP contribution in [-0.2, 0) is 19.8 Å². The second-order valence-electron chi connectivity index (χ2n) is 12.3. The van der Waals surface area contributed by atoms with E-state index in [-0.39, 0.29) is 11.3 Å². The van der Waals surface area contributed by atoms with Gasteiger partial charge in [-0.15, -0.1) is 13.2 Å². The fourth-order valence-electron chi connectivity index (χ4n) is 6.08. The molecule has 1 unspecified atom stereocenters. The van der Waals surface area contributed by atoms with Crippen molar-refractivity contribution in [3.63, 3.8) is 0 Å². The predicted octanol–water partition coefficient (Wildman–Crippen LogP) is 7.86. The predicted molar refractivity (Wildman–Crippen MR) is 171 cm³/mol. The number of anilines is 2. The zero-order chi connectivity index (χ0) is 34.1. The molecule has 0 bridgehead atoms. The number of hydrogen-bond acceptors (Lipinski definition) is 7. The van der Waals surface area contributed by atoms with Gasteiger partial charge in [0.1, 0.15) is 17.5 Å². The second kappa shape index (κ2) is 13.0. The maximum atomic E-state index is 14.6. The van der Waals surface area contributed by atoms with E-state index in [1.165, 1.54) is 33.1 Å². The Bertz CT molecular complexity index is 1690. The van der Waals surface area contributed by atoms with Crippen molar-refractivity contribution in [3.8, 4) is 11.5 Å². The Balaban J connectivity index is 1.54. The third kappa shape index (κ3) is 7.43. The summed E-state index contributed by atoms with van der Waals surface area (Å²) in [5.74, 6) is -1.56. The number of rotatable bonds is 10. The molecule has 9 nitrogen and oxygen atoms in total. The van der Waals surface area contributed by atoms with Gasteiger partial charge in [0.2, 0.25) is 5.60 Å². The van der Waals surface area contributed by atoms with E-state index >= 15 is 0 Å². The quantitative estimate of drug-likeness (QED) is 0.167. The van der Waals surface area contributed by atoms with Crippen LogP contribution in [0.2, 0.25) is 5.02 Å². The Labute approximate surface area is 275 Å². The van der Waals surface area contributed by atoms with Gasteiger partial charge in [0, 0.05) is 40.4 Å². The van der Waals surface area contributed by atoms with E-state index in [1.54, 1.807) is 60.4 Å². The van der Waals surface area contributed by atoms with Gasteiger partial charge in [-0.2, -0.15) is 0 Å². The molecule has 1 fully saturated rings. The molecule has 250 valence electrons. The number of nitrogens with zero attached hydrogens (tertiary/aromatic N) is 2. The van der Waals surface area contributed by atoms with Gasteiger partial charge in [-0.25, -0.2) is 4.79 Å². The molecule has 1 atom stereocenters. The summed E-state index contributed by atoms with van der Waals surface area (Å²) in [6.07, 6.45) is -1.38. The summed E-state index contributed by atoms with van der Waals surface area (Å²) in [6, 6.07) is 15.0. The van der Waals surface area contributed by atoms with E-state index < -0.39 is 29.7 Å². The standard InChI is InChI=1S/C34H35ClF3N3O6/c1-20(40-47-32(2,3)31(43)44)22-15-24(17-26(16-22)45-4)39-29(21-7-9-23(35)10-8-21)30(42)41-19-33(13-5-6-14-33)27-12-11-25(18-28(27)41)46-34(36,37)38/h7-12,15-18,29,39H,5-6,13-14,19H2,1-4H3,(H,43,44). The van der Waals surface area contributed by atoms with Crippen molar-refractivity contribution in [1.82, 2.24) is 0 Å². The highest BCUT2D eigenvalue weighted by atomic mass is 35.5. The van der Waals surface area contributed by atoms with E-state index in [9.17, 15) is 27.9 Å². The average molecular weight is 674 g/mol. The number of hydrogen-bond donors (Lipinski definition) is 2. The number of fused-ring (bicyclic) bond motifs is 2. The minimum Gasteiger partial charge on any atom is -0.497 e. The van der Waals surface area contributed by atoms with Gasteiger partial charge < -0.3 is 29.6 Å². The normalized spacial score (nSPS) is 16.5. The van der Waals surface area contributed by atoms with Crippen molar-refractivity contribution in [2.45, 2.75) is 69.9 Å². The summed E-state index contributed by atoms with van der Waals surface area (Å²) in [5, 5.41) is 17.2. The minimum absolute atomic E-state index is 0.314. The molecule has 1 amide bonds. The van der Waals surface area contributed by atoms with Crippen molar-refractivity contribution >= 4 is 40.6 Å².